The van der Waals surface area contributed by atoms with Gasteiger partial charge in [0.2, 0.25) is 11.8 Å². The van der Waals surface area contributed by atoms with Gasteiger partial charge < -0.3 is 10.2 Å². The summed E-state index contributed by atoms with van der Waals surface area (Å²) in [5.41, 5.74) is 4.76. The topological polar surface area (TPSA) is 52.6 Å². The number of hydrogen-bond acceptors (Lipinski definition) is 3. The van der Waals surface area contributed by atoms with Crippen molar-refractivity contribution in [1.29, 1.82) is 0 Å². The molecule has 2 aromatic rings. The molecule has 0 radical (unpaired) electrons. The summed E-state index contributed by atoms with van der Waals surface area (Å²) in [6, 6.07) is 16.9. The molecule has 0 aliphatic carbocycles. The van der Waals surface area contributed by atoms with Crippen LogP contribution < -0.4 is 5.32 Å². The first-order chi connectivity index (χ1) is 14.5. The van der Waals surface area contributed by atoms with Gasteiger partial charge in [-0.2, -0.15) is 0 Å². The van der Waals surface area contributed by atoms with Crippen LogP contribution in [0.15, 0.2) is 48.5 Å². The second kappa shape index (κ2) is 10.4. The highest BCUT2D eigenvalue weighted by molar-refractivity contribution is 5.81. The van der Waals surface area contributed by atoms with E-state index in [2.05, 4.69) is 66.5 Å². The third-order valence-electron chi connectivity index (χ3n) is 5.81. The monoisotopic (exact) mass is 407 g/mol. The van der Waals surface area contributed by atoms with Gasteiger partial charge in [0.25, 0.3) is 0 Å². The molecule has 5 nitrogen and oxygen atoms in total. The van der Waals surface area contributed by atoms with Crippen LogP contribution in [0.3, 0.4) is 0 Å². The van der Waals surface area contributed by atoms with E-state index in [-0.39, 0.29) is 17.7 Å². The summed E-state index contributed by atoms with van der Waals surface area (Å²) in [6.07, 6.45) is 1.61. The average molecular weight is 408 g/mol. The van der Waals surface area contributed by atoms with Gasteiger partial charge in [-0.3, -0.25) is 14.5 Å². The van der Waals surface area contributed by atoms with E-state index in [0.717, 1.165) is 19.5 Å². The van der Waals surface area contributed by atoms with Crippen LogP contribution in [0.4, 0.5) is 0 Å². The van der Waals surface area contributed by atoms with Crippen molar-refractivity contribution in [3.05, 3.63) is 59.7 Å². The SMILES string of the molecule is CCCN1CCN(CC(=O)NC)CC(Cc2ccccc2-c2ccc(C)cc2)C1=O. The van der Waals surface area contributed by atoms with E-state index in [1.54, 1.807) is 7.05 Å². The molecule has 1 aliphatic rings. The summed E-state index contributed by atoms with van der Waals surface area (Å²) in [4.78, 5) is 29.4. The molecule has 1 heterocycles. The van der Waals surface area contributed by atoms with E-state index in [1.807, 2.05) is 11.0 Å². The predicted octanol–water partition coefficient (Wildman–Crippen LogP) is 3.12. The number of benzene rings is 2. The zero-order valence-corrected chi connectivity index (χ0v) is 18.4. The number of likely N-dealkylation sites (N-methyl/N-ethyl adjacent to an activating group) is 1. The van der Waals surface area contributed by atoms with E-state index in [4.69, 9.17) is 0 Å². The molecule has 0 spiro atoms. The van der Waals surface area contributed by atoms with Crippen LogP contribution in [0, 0.1) is 12.8 Å². The summed E-state index contributed by atoms with van der Waals surface area (Å²) in [5.74, 6) is 0.0375. The average Bonchev–Trinajstić information content (AvgIpc) is 2.89. The number of aryl methyl sites for hydroxylation is 1. The Morgan fingerprint density at radius 1 is 1.10 bits per heavy atom. The largest absolute Gasteiger partial charge is 0.358 e. The van der Waals surface area contributed by atoms with Crippen molar-refractivity contribution in [3.63, 3.8) is 0 Å². The van der Waals surface area contributed by atoms with Gasteiger partial charge >= 0.3 is 0 Å². The first-order valence-electron chi connectivity index (χ1n) is 10.9. The molecule has 160 valence electrons. The Kier molecular flexibility index (Phi) is 7.63. The van der Waals surface area contributed by atoms with Crippen molar-refractivity contribution in [2.24, 2.45) is 5.92 Å². The molecule has 1 atom stereocenters. The van der Waals surface area contributed by atoms with E-state index in [0.29, 0.717) is 26.1 Å². The first kappa shape index (κ1) is 22.0. The summed E-state index contributed by atoms with van der Waals surface area (Å²) in [7, 11) is 1.66. The van der Waals surface area contributed by atoms with Gasteiger partial charge in [-0.15, -0.1) is 0 Å². The fraction of sp³-hybridized carbons (Fsp3) is 0.440. The number of nitrogens with zero attached hydrogens (tertiary/aromatic N) is 2. The number of rotatable bonds is 7. The minimum absolute atomic E-state index is 0.00908. The second-order valence-electron chi connectivity index (χ2n) is 8.16. The Bertz CT molecular complexity index is 863. The highest BCUT2D eigenvalue weighted by Crippen LogP contribution is 2.27. The molecule has 3 rings (SSSR count). The second-order valence-corrected chi connectivity index (χ2v) is 8.16. The molecular weight excluding hydrogens is 374 g/mol. The number of carbonyl (C=O) groups is 2. The summed E-state index contributed by atoms with van der Waals surface area (Å²) < 4.78 is 0. The van der Waals surface area contributed by atoms with Gasteiger partial charge in [0, 0.05) is 33.2 Å². The maximum atomic E-state index is 13.3. The van der Waals surface area contributed by atoms with E-state index < -0.39 is 0 Å². The van der Waals surface area contributed by atoms with E-state index in [1.165, 1.54) is 22.3 Å². The van der Waals surface area contributed by atoms with E-state index >= 15 is 0 Å². The molecule has 1 N–H and O–H groups in total. The van der Waals surface area contributed by atoms with Crippen molar-refractivity contribution in [1.82, 2.24) is 15.1 Å². The lowest BCUT2D eigenvalue weighted by molar-refractivity contribution is -0.134. The molecule has 2 aromatic carbocycles. The number of carbonyl (C=O) groups excluding carboxylic acids is 2. The smallest absolute Gasteiger partial charge is 0.233 e. The highest BCUT2D eigenvalue weighted by Gasteiger charge is 2.31. The van der Waals surface area contributed by atoms with Crippen molar-refractivity contribution in [3.8, 4) is 11.1 Å². The molecule has 1 unspecified atom stereocenters. The van der Waals surface area contributed by atoms with Crippen LogP contribution in [-0.2, 0) is 16.0 Å². The van der Waals surface area contributed by atoms with Crippen molar-refractivity contribution in [2.45, 2.75) is 26.7 Å². The Labute approximate surface area is 180 Å². The molecule has 30 heavy (non-hydrogen) atoms. The summed E-state index contributed by atoms with van der Waals surface area (Å²) in [6.45, 7) is 7.30. The Morgan fingerprint density at radius 3 is 2.53 bits per heavy atom. The molecule has 0 aromatic heterocycles. The summed E-state index contributed by atoms with van der Waals surface area (Å²) >= 11 is 0. The van der Waals surface area contributed by atoms with Gasteiger partial charge in [0.05, 0.1) is 12.5 Å². The van der Waals surface area contributed by atoms with Crippen LogP contribution >= 0.6 is 0 Å². The van der Waals surface area contributed by atoms with Crippen LogP contribution in [0.2, 0.25) is 0 Å². The van der Waals surface area contributed by atoms with Crippen molar-refractivity contribution >= 4 is 11.8 Å². The quantitative estimate of drug-likeness (QED) is 0.767. The normalized spacial score (nSPS) is 17.6. The lowest BCUT2D eigenvalue weighted by Gasteiger charge is -2.24. The lowest BCUT2D eigenvalue weighted by Crippen LogP contribution is -2.39. The molecule has 0 saturated carbocycles. The van der Waals surface area contributed by atoms with Crippen molar-refractivity contribution in [2.75, 3.05) is 39.8 Å². The molecule has 1 fully saturated rings. The van der Waals surface area contributed by atoms with Gasteiger partial charge in [-0.25, -0.2) is 0 Å². The first-order valence-corrected chi connectivity index (χ1v) is 10.9. The van der Waals surface area contributed by atoms with Gasteiger partial charge in [0.1, 0.15) is 0 Å². The predicted molar refractivity (Wildman–Crippen MR) is 121 cm³/mol. The van der Waals surface area contributed by atoms with Crippen LogP contribution in [0.1, 0.15) is 24.5 Å². The molecule has 1 aliphatic heterocycles. The number of hydrogen-bond donors (Lipinski definition) is 1. The Hall–Kier alpha value is -2.66. The van der Waals surface area contributed by atoms with Crippen molar-refractivity contribution < 1.29 is 9.59 Å². The van der Waals surface area contributed by atoms with Crippen LogP contribution in [0.5, 0.6) is 0 Å². The number of amides is 2. The molecule has 5 heteroatoms. The minimum atomic E-state index is -0.157. The van der Waals surface area contributed by atoms with Gasteiger partial charge in [-0.05, 0) is 36.5 Å². The minimum Gasteiger partial charge on any atom is -0.358 e. The maximum Gasteiger partial charge on any atom is 0.233 e. The molecule has 0 bridgehead atoms. The van der Waals surface area contributed by atoms with Gasteiger partial charge in [0.15, 0.2) is 0 Å². The third kappa shape index (κ3) is 5.48. The zero-order valence-electron chi connectivity index (χ0n) is 18.4. The zero-order chi connectivity index (χ0) is 21.5. The fourth-order valence-electron chi connectivity index (χ4n) is 4.16. The van der Waals surface area contributed by atoms with Gasteiger partial charge in [-0.1, -0.05) is 61.0 Å². The fourth-order valence-corrected chi connectivity index (χ4v) is 4.16. The van der Waals surface area contributed by atoms with Crippen LogP contribution in [0.25, 0.3) is 11.1 Å². The molecule has 2 amide bonds. The molecular formula is C25H33N3O2. The third-order valence-corrected chi connectivity index (χ3v) is 5.81. The Morgan fingerprint density at radius 2 is 1.83 bits per heavy atom. The number of nitrogens with one attached hydrogen (secondary N) is 1. The summed E-state index contributed by atoms with van der Waals surface area (Å²) in [5, 5.41) is 2.70. The standard InChI is InChI=1S/C25H33N3O2/c1-4-13-28-15-14-27(18-24(29)26-3)17-22(25(28)30)16-21-7-5-6-8-23(21)20-11-9-19(2)10-12-20/h5-12,22H,4,13-18H2,1-3H3,(H,26,29). The Balaban J connectivity index is 1.87. The lowest BCUT2D eigenvalue weighted by atomic mass is 9.91. The van der Waals surface area contributed by atoms with E-state index in [9.17, 15) is 9.59 Å². The van der Waals surface area contributed by atoms with Crippen LogP contribution in [-0.4, -0.2) is 61.4 Å². The molecule has 1 saturated heterocycles. The highest BCUT2D eigenvalue weighted by atomic mass is 16.2. The maximum absolute atomic E-state index is 13.3.